The Hall–Kier alpha value is -2.18. The second kappa shape index (κ2) is 2.70. The largest absolute Gasteiger partial charge is 0.409 e. The highest BCUT2D eigenvalue weighted by molar-refractivity contribution is 5.95. The summed E-state index contributed by atoms with van der Waals surface area (Å²) in [6.07, 6.45) is 4.44. The van der Waals surface area contributed by atoms with Gasteiger partial charge in [-0.3, -0.25) is 0 Å². The van der Waals surface area contributed by atoms with E-state index in [-0.39, 0.29) is 5.84 Å². The molecule has 66 valence electrons. The molecule has 0 fully saturated rings. The minimum atomic E-state index is -0.0481. The van der Waals surface area contributed by atoms with Crippen LogP contribution in [0.5, 0.6) is 0 Å². The van der Waals surface area contributed by atoms with E-state index in [9.17, 15) is 0 Å². The smallest absolute Gasteiger partial charge is 0.251 e. The summed E-state index contributed by atoms with van der Waals surface area (Å²) >= 11 is 0. The lowest BCUT2D eigenvalue weighted by atomic mass is 10.4. The van der Waals surface area contributed by atoms with Gasteiger partial charge in [-0.25, -0.2) is 9.97 Å². The van der Waals surface area contributed by atoms with Crippen LogP contribution >= 0.6 is 0 Å². The maximum Gasteiger partial charge on any atom is 0.251 e. The van der Waals surface area contributed by atoms with Gasteiger partial charge in [0, 0.05) is 0 Å². The molecule has 3 N–H and O–H groups in total. The van der Waals surface area contributed by atoms with E-state index in [4.69, 9.17) is 10.9 Å². The molecule has 13 heavy (non-hydrogen) atoms. The molecule has 0 aliphatic rings. The normalized spacial score (nSPS) is 12.2. The second-order valence-corrected chi connectivity index (χ2v) is 2.28. The molecule has 0 aromatic carbocycles. The van der Waals surface area contributed by atoms with E-state index in [1.165, 1.54) is 23.1 Å². The Bertz CT molecular complexity index is 461. The maximum absolute atomic E-state index is 8.44. The zero-order chi connectivity index (χ0) is 9.26. The molecule has 2 aromatic rings. The van der Waals surface area contributed by atoms with Gasteiger partial charge in [0.15, 0.2) is 5.84 Å². The molecular formula is C6H6N6O. The van der Waals surface area contributed by atoms with E-state index >= 15 is 0 Å². The predicted molar refractivity (Wildman–Crippen MR) is 43.3 cm³/mol. The van der Waals surface area contributed by atoms with Gasteiger partial charge >= 0.3 is 0 Å². The summed E-state index contributed by atoms with van der Waals surface area (Å²) in [6.45, 7) is 0. The van der Waals surface area contributed by atoms with Crippen molar-refractivity contribution in [2.75, 3.05) is 0 Å². The number of aromatic nitrogens is 4. The molecule has 0 aliphatic carbocycles. The average Bonchev–Trinajstić information content (AvgIpc) is 2.60. The van der Waals surface area contributed by atoms with Gasteiger partial charge in [0.1, 0.15) is 5.69 Å². The standard InChI is InChI=1S/C6H6N6O/c7-5(11-13)4-3-9-6-8-1-2-10-12(4)6/h1-3,13H,(H2,7,11). The molecule has 0 aliphatic heterocycles. The Labute approximate surface area is 72.5 Å². The van der Waals surface area contributed by atoms with Gasteiger partial charge in [-0.15, -0.1) is 0 Å². The Balaban J connectivity index is 2.71. The molecule has 0 radical (unpaired) electrons. The van der Waals surface area contributed by atoms with Gasteiger partial charge in [0.05, 0.1) is 18.6 Å². The van der Waals surface area contributed by atoms with Crippen LogP contribution in [-0.4, -0.2) is 30.6 Å². The van der Waals surface area contributed by atoms with Crippen molar-refractivity contribution in [1.29, 1.82) is 0 Å². The lowest BCUT2D eigenvalue weighted by Crippen LogP contribution is -2.16. The van der Waals surface area contributed by atoms with Gasteiger partial charge in [0.25, 0.3) is 5.78 Å². The van der Waals surface area contributed by atoms with Crippen molar-refractivity contribution >= 4 is 11.6 Å². The Morgan fingerprint density at radius 1 is 1.46 bits per heavy atom. The molecule has 0 spiro atoms. The first kappa shape index (κ1) is 7.47. The van der Waals surface area contributed by atoms with Crippen molar-refractivity contribution in [3.05, 3.63) is 24.3 Å². The lowest BCUT2D eigenvalue weighted by Gasteiger charge is -1.95. The van der Waals surface area contributed by atoms with E-state index in [2.05, 4.69) is 20.2 Å². The summed E-state index contributed by atoms with van der Waals surface area (Å²) in [5, 5.41) is 15.2. The monoisotopic (exact) mass is 178 g/mol. The topological polar surface area (TPSA) is 102 Å². The van der Waals surface area contributed by atoms with Crippen molar-refractivity contribution in [1.82, 2.24) is 19.6 Å². The second-order valence-electron chi connectivity index (χ2n) is 2.28. The number of imidazole rings is 1. The van der Waals surface area contributed by atoms with Crippen LogP contribution in [0, 0.1) is 0 Å². The number of hydrogen-bond donors (Lipinski definition) is 2. The number of oxime groups is 1. The highest BCUT2D eigenvalue weighted by Crippen LogP contribution is 1.99. The molecule has 0 saturated heterocycles. The fourth-order valence-electron chi connectivity index (χ4n) is 0.960. The maximum atomic E-state index is 8.44. The number of nitrogens with zero attached hydrogens (tertiary/aromatic N) is 5. The molecule has 2 heterocycles. The van der Waals surface area contributed by atoms with Crippen LogP contribution in [-0.2, 0) is 0 Å². The summed E-state index contributed by atoms with van der Waals surface area (Å²) in [5.74, 6) is 0.358. The number of hydrogen-bond acceptors (Lipinski definition) is 5. The molecular weight excluding hydrogens is 172 g/mol. The van der Waals surface area contributed by atoms with Crippen molar-refractivity contribution in [2.45, 2.75) is 0 Å². The third kappa shape index (κ3) is 1.06. The molecule has 2 aromatic heterocycles. The molecule has 0 bridgehead atoms. The fraction of sp³-hybridized carbons (Fsp3) is 0. The van der Waals surface area contributed by atoms with E-state index in [0.717, 1.165) is 0 Å². The molecule has 7 nitrogen and oxygen atoms in total. The lowest BCUT2D eigenvalue weighted by molar-refractivity contribution is 0.318. The number of rotatable bonds is 1. The van der Waals surface area contributed by atoms with Gasteiger partial charge in [0.2, 0.25) is 0 Å². The predicted octanol–water partition coefficient (Wildman–Crippen LogP) is -0.781. The van der Waals surface area contributed by atoms with Gasteiger partial charge in [-0.2, -0.15) is 9.61 Å². The minimum Gasteiger partial charge on any atom is -0.409 e. The van der Waals surface area contributed by atoms with E-state index in [1.54, 1.807) is 0 Å². The van der Waals surface area contributed by atoms with E-state index in [0.29, 0.717) is 11.5 Å². The number of fused-ring (bicyclic) bond motifs is 1. The molecule has 0 atom stereocenters. The van der Waals surface area contributed by atoms with Crippen molar-refractivity contribution < 1.29 is 5.21 Å². The summed E-state index contributed by atoms with van der Waals surface area (Å²) in [4.78, 5) is 7.82. The third-order valence-corrected chi connectivity index (χ3v) is 1.53. The van der Waals surface area contributed by atoms with Crippen LogP contribution in [0.1, 0.15) is 5.69 Å². The zero-order valence-corrected chi connectivity index (χ0v) is 6.49. The van der Waals surface area contributed by atoms with Crippen LogP contribution in [0.4, 0.5) is 0 Å². The van der Waals surface area contributed by atoms with E-state index in [1.807, 2.05) is 0 Å². The molecule has 0 amide bonds. The molecule has 2 rings (SSSR count). The van der Waals surface area contributed by atoms with E-state index < -0.39 is 0 Å². The van der Waals surface area contributed by atoms with Crippen LogP contribution in [0.15, 0.2) is 23.7 Å². The molecule has 0 unspecified atom stereocenters. The molecule has 0 saturated carbocycles. The van der Waals surface area contributed by atoms with Crippen molar-refractivity contribution in [3.63, 3.8) is 0 Å². The van der Waals surface area contributed by atoms with Gasteiger partial charge in [-0.05, 0) is 0 Å². The quantitative estimate of drug-likeness (QED) is 0.258. The van der Waals surface area contributed by atoms with Gasteiger partial charge in [-0.1, -0.05) is 5.16 Å². The zero-order valence-electron chi connectivity index (χ0n) is 6.49. The highest BCUT2D eigenvalue weighted by atomic mass is 16.4. The summed E-state index contributed by atoms with van der Waals surface area (Å²) < 4.78 is 1.38. The van der Waals surface area contributed by atoms with Crippen molar-refractivity contribution in [3.8, 4) is 0 Å². The van der Waals surface area contributed by atoms with Crippen LogP contribution in [0.25, 0.3) is 5.78 Å². The van der Waals surface area contributed by atoms with Crippen LogP contribution < -0.4 is 5.73 Å². The number of amidine groups is 1. The summed E-state index contributed by atoms with van der Waals surface area (Å²) in [7, 11) is 0. The first-order valence-corrected chi connectivity index (χ1v) is 3.45. The van der Waals surface area contributed by atoms with Crippen LogP contribution in [0.3, 0.4) is 0 Å². The first-order chi connectivity index (χ1) is 6.33. The summed E-state index contributed by atoms with van der Waals surface area (Å²) in [6, 6.07) is 0. The first-order valence-electron chi connectivity index (χ1n) is 3.45. The minimum absolute atomic E-state index is 0.0481. The van der Waals surface area contributed by atoms with Crippen LogP contribution in [0.2, 0.25) is 0 Å². The fourth-order valence-corrected chi connectivity index (χ4v) is 0.960. The average molecular weight is 178 g/mol. The van der Waals surface area contributed by atoms with Gasteiger partial charge < -0.3 is 10.9 Å². The van der Waals surface area contributed by atoms with Crippen molar-refractivity contribution in [2.24, 2.45) is 10.9 Å². The molecule has 7 heteroatoms. The SMILES string of the molecule is N/C(=N/O)c1cnc2nccnn12. The highest BCUT2D eigenvalue weighted by Gasteiger charge is 2.07. The Morgan fingerprint density at radius 3 is 3.08 bits per heavy atom. The Kier molecular flexibility index (Phi) is 1.55. The third-order valence-electron chi connectivity index (χ3n) is 1.53. The Morgan fingerprint density at radius 2 is 2.31 bits per heavy atom. The number of nitrogens with two attached hydrogens (primary N) is 1. The summed E-state index contributed by atoms with van der Waals surface area (Å²) in [5.41, 5.74) is 5.78.